The molecule has 1 aromatic heterocycles. The molecule has 0 atom stereocenters. The molecule has 2 aromatic rings. The molecule has 0 aliphatic carbocycles. The van der Waals surface area contributed by atoms with Crippen LogP contribution in [-0.2, 0) is 0 Å². The second-order valence-corrected chi connectivity index (χ2v) is 2.63. The average molecular weight is 144 g/mol. The first kappa shape index (κ1) is 6.30. The maximum absolute atomic E-state index is 5.45. The lowest BCUT2D eigenvalue weighted by Gasteiger charge is -1.80. The molecular formula is C10H8O. The largest absolute Gasteiger partial charge is 0.460 e. The molecule has 1 heteroatoms. The van der Waals surface area contributed by atoms with E-state index in [0.717, 1.165) is 22.3 Å². The first-order valence-electron chi connectivity index (χ1n) is 3.57. The third-order valence-corrected chi connectivity index (χ3v) is 1.93. The Morgan fingerprint density at radius 1 is 1.36 bits per heavy atom. The third-order valence-electron chi connectivity index (χ3n) is 1.93. The Morgan fingerprint density at radius 2 is 2.18 bits per heavy atom. The Labute approximate surface area is 65.6 Å². The van der Waals surface area contributed by atoms with Crippen LogP contribution in [0.4, 0.5) is 0 Å². The van der Waals surface area contributed by atoms with Gasteiger partial charge in [0.25, 0.3) is 0 Å². The summed E-state index contributed by atoms with van der Waals surface area (Å²) in [6.45, 7) is 3.99. The highest BCUT2D eigenvalue weighted by Crippen LogP contribution is 2.21. The second-order valence-electron chi connectivity index (χ2n) is 2.63. The van der Waals surface area contributed by atoms with Crippen LogP contribution in [0.2, 0.25) is 0 Å². The van der Waals surface area contributed by atoms with E-state index in [9.17, 15) is 0 Å². The molecule has 0 aliphatic heterocycles. The van der Waals surface area contributed by atoms with Gasteiger partial charge in [-0.2, -0.15) is 0 Å². The van der Waals surface area contributed by atoms with E-state index in [4.69, 9.17) is 4.42 Å². The summed E-state index contributed by atoms with van der Waals surface area (Å²) in [7, 11) is 0. The average Bonchev–Trinajstić information content (AvgIpc) is 2.30. The third kappa shape index (κ3) is 0.798. The van der Waals surface area contributed by atoms with Crippen LogP contribution in [-0.4, -0.2) is 0 Å². The standard InChI is InChI=1S/C10H8O/c1-7-8(2)11-10-6-4-3-5-9(7)10/h4,6H,1-2H3. The topological polar surface area (TPSA) is 13.1 Å². The van der Waals surface area contributed by atoms with Crippen LogP contribution in [0.15, 0.2) is 16.5 Å². The molecule has 11 heavy (non-hydrogen) atoms. The lowest BCUT2D eigenvalue weighted by atomic mass is 10.2. The van der Waals surface area contributed by atoms with Crippen LogP contribution >= 0.6 is 0 Å². The van der Waals surface area contributed by atoms with Crippen LogP contribution in [0.25, 0.3) is 11.0 Å². The molecule has 2 rings (SSSR count). The van der Waals surface area contributed by atoms with Crippen LogP contribution in [0, 0.1) is 26.0 Å². The fourth-order valence-electron chi connectivity index (χ4n) is 1.16. The Morgan fingerprint density at radius 3 is 2.91 bits per heavy atom. The van der Waals surface area contributed by atoms with E-state index >= 15 is 0 Å². The fourth-order valence-corrected chi connectivity index (χ4v) is 1.16. The minimum absolute atomic E-state index is 0.902. The van der Waals surface area contributed by atoms with Crippen LogP contribution in [0.1, 0.15) is 11.3 Å². The molecule has 0 saturated heterocycles. The van der Waals surface area contributed by atoms with Gasteiger partial charge in [0.1, 0.15) is 11.3 Å². The highest BCUT2D eigenvalue weighted by Gasteiger charge is 2.03. The molecular weight excluding hydrogens is 136 g/mol. The van der Waals surface area contributed by atoms with E-state index in [1.807, 2.05) is 26.0 Å². The SMILES string of the molecule is Cc1oc2ccc#cc2c1C. The van der Waals surface area contributed by atoms with Gasteiger partial charge < -0.3 is 4.42 Å². The molecule has 0 bridgehead atoms. The summed E-state index contributed by atoms with van der Waals surface area (Å²) < 4.78 is 5.45. The predicted molar refractivity (Wildman–Crippen MR) is 43.4 cm³/mol. The lowest BCUT2D eigenvalue weighted by molar-refractivity contribution is 0.575. The summed E-state index contributed by atoms with van der Waals surface area (Å²) in [5.74, 6) is 0.968. The fraction of sp³-hybridized carbons (Fsp3) is 0.200. The zero-order valence-corrected chi connectivity index (χ0v) is 6.56. The molecule has 54 valence electrons. The van der Waals surface area contributed by atoms with Gasteiger partial charge in [0.2, 0.25) is 0 Å². The molecule has 0 unspecified atom stereocenters. The lowest BCUT2D eigenvalue weighted by Crippen LogP contribution is -1.67. The first-order chi connectivity index (χ1) is 5.29. The van der Waals surface area contributed by atoms with Crippen molar-refractivity contribution in [2.45, 2.75) is 13.8 Å². The maximum Gasteiger partial charge on any atom is 0.143 e. The molecule has 0 fully saturated rings. The second kappa shape index (κ2) is 2.03. The number of rotatable bonds is 0. The quantitative estimate of drug-likeness (QED) is 0.554. The van der Waals surface area contributed by atoms with Gasteiger partial charge in [0.05, 0.1) is 5.39 Å². The van der Waals surface area contributed by atoms with E-state index in [1.165, 1.54) is 0 Å². The zero-order valence-electron chi connectivity index (χ0n) is 6.56. The van der Waals surface area contributed by atoms with Crippen molar-refractivity contribution in [1.29, 1.82) is 0 Å². The summed E-state index contributed by atoms with van der Waals surface area (Å²) in [4.78, 5) is 0. The van der Waals surface area contributed by atoms with Gasteiger partial charge in [0.15, 0.2) is 0 Å². The molecule has 0 radical (unpaired) electrons. The molecule has 0 saturated carbocycles. The Hall–Kier alpha value is -1.42. The summed E-state index contributed by atoms with van der Waals surface area (Å²) in [6, 6.07) is 9.64. The van der Waals surface area contributed by atoms with Crippen molar-refractivity contribution < 1.29 is 4.42 Å². The molecule has 0 spiro atoms. The molecule has 1 nitrogen and oxygen atoms in total. The van der Waals surface area contributed by atoms with E-state index in [0.29, 0.717) is 0 Å². The van der Waals surface area contributed by atoms with Crippen LogP contribution < -0.4 is 0 Å². The van der Waals surface area contributed by atoms with Crippen molar-refractivity contribution in [2.24, 2.45) is 0 Å². The van der Waals surface area contributed by atoms with Crippen molar-refractivity contribution in [3.05, 3.63) is 35.6 Å². The van der Waals surface area contributed by atoms with Crippen LogP contribution in [0.3, 0.4) is 0 Å². The first-order valence-corrected chi connectivity index (χ1v) is 3.57. The van der Waals surface area contributed by atoms with Crippen LogP contribution in [0.5, 0.6) is 0 Å². The minimum Gasteiger partial charge on any atom is -0.460 e. The minimum atomic E-state index is 0.902. The number of furan rings is 1. The van der Waals surface area contributed by atoms with E-state index in [-0.39, 0.29) is 0 Å². The smallest absolute Gasteiger partial charge is 0.143 e. The van der Waals surface area contributed by atoms with Gasteiger partial charge in [0, 0.05) is 5.56 Å². The van der Waals surface area contributed by atoms with Crippen molar-refractivity contribution >= 4 is 11.0 Å². The number of hydrogen-bond acceptors (Lipinski definition) is 1. The highest BCUT2D eigenvalue weighted by molar-refractivity contribution is 5.79. The Bertz CT molecular complexity index is 385. The van der Waals surface area contributed by atoms with E-state index in [1.54, 1.807) is 0 Å². The van der Waals surface area contributed by atoms with Crippen molar-refractivity contribution in [3.8, 4) is 0 Å². The number of fused-ring (bicyclic) bond motifs is 1. The van der Waals surface area contributed by atoms with Crippen molar-refractivity contribution in [1.82, 2.24) is 0 Å². The summed E-state index contributed by atoms with van der Waals surface area (Å²) in [6.07, 6.45) is 0. The normalized spacial score (nSPS) is 10.0. The molecule has 1 heterocycles. The Balaban J connectivity index is 2.92. The van der Waals surface area contributed by atoms with Gasteiger partial charge >= 0.3 is 0 Å². The molecule has 0 amide bonds. The van der Waals surface area contributed by atoms with E-state index < -0.39 is 0 Å². The zero-order chi connectivity index (χ0) is 7.84. The predicted octanol–water partition coefficient (Wildman–Crippen LogP) is 2.65. The van der Waals surface area contributed by atoms with Crippen molar-refractivity contribution in [2.75, 3.05) is 0 Å². The Kier molecular flexibility index (Phi) is 1.16. The monoisotopic (exact) mass is 144 g/mol. The van der Waals surface area contributed by atoms with Gasteiger partial charge in [-0.3, -0.25) is 0 Å². The number of aryl methyl sites for hydroxylation is 2. The van der Waals surface area contributed by atoms with Gasteiger partial charge in [-0.25, -0.2) is 0 Å². The van der Waals surface area contributed by atoms with Gasteiger partial charge in [-0.15, -0.1) is 0 Å². The van der Waals surface area contributed by atoms with Gasteiger partial charge in [-0.1, -0.05) is 12.1 Å². The number of hydrogen-bond donors (Lipinski definition) is 0. The summed E-state index contributed by atoms with van der Waals surface area (Å²) in [5, 5.41) is 1.05. The van der Waals surface area contributed by atoms with Crippen molar-refractivity contribution in [3.63, 3.8) is 0 Å². The summed E-state index contributed by atoms with van der Waals surface area (Å²) >= 11 is 0. The molecule has 0 aliphatic rings. The maximum atomic E-state index is 5.45. The van der Waals surface area contributed by atoms with E-state index in [2.05, 4.69) is 12.1 Å². The summed E-state index contributed by atoms with van der Waals surface area (Å²) in [5.41, 5.74) is 2.07. The molecule has 1 aromatic carbocycles. The molecule has 0 N–H and O–H groups in total. The van der Waals surface area contributed by atoms with Gasteiger partial charge in [-0.05, 0) is 26.0 Å². The highest BCUT2D eigenvalue weighted by atomic mass is 16.3.